The van der Waals surface area contributed by atoms with Crippen molar-refractivity contribution in [3.63, 3.8) is 0 Å². The number of hydrogen-bond acceptors (Lipinski definition) is 4. The van der Waals surface area contributed by atoms with E-state index in [0.717, 1.165) is 50.9 Å². The molecule has 2 aliphatic heterocycles. The summed E-state index contributed by atoms with van der Waals surface area (Å²) in [6.45, 7) is 2.30. The maximum absolute atomic E-state index is 12.5. The molecule has 7 nitrogen and oxygen atoms in total. The van der Waals surface area contributed by atoms with E-state index in [2.05, 4.69) is 10.2 Å². The van der Waals surface area contributed by atoms with Crippen LogP contribution in [0.3, 0.4) is 0 Å². The summed E-state index contributed by atoms with van der Waals surface area (Å²) in [7, 11) is 0. The molecule has 0 bridgehead atoms. The Kier molecular flexibility index (Phi) is 5.50. The molecule has 24 heavy (non-hydrogen) atoms. The molecular formula is C17H26N4O3. The molecule has 1 aromatic heterocycles. The van der Waals surface area contributed by atoms with E-state index in [1.165, 1.54) is 6.42 Å². The molecule has 2 aliphatic rings. The van der Waals surface area contributed by atoms with E-state index in [9.17, 15) is 9.59 Å². The number of H-pyrrole nitrogens is 1. The number of hydrogen-bond donors (Lipinski definition) is 2. The molecule has 3 N–H and O–H groups in total. The predicted octanol–water partition coefficient (Wildman–Crippen LogP) is 1.56. The number of aromatic amines is 1. The Balaban J connectivity index is 1.52. The molecule has 2 saturated heterocycles. The third-order valence-corrected chi connectivity index (χ3v) is 5.02. The van der Waals surface area contributed by atoms with Gasteiger partial charge in [-0.2, -0.15) is 5.10 Å². The Morgan fingerprint density at radius 1 is 1.33 bits per heavy atom. The molecule has 3 rings (SSSR count). The number of nitrogens with zero attached hydrogens (tertiary/aromatic N) is 2. The molecule has 0 spiro atoms. The van der Waals surface area contributed by atoms with Crippen molar-refractivity contribution < 1.29 is 14.3 Å². The van der Waals surface area contributed by atoms with Crippen LogP contribution in [0.2, 0.25) is 0 Å². The van der Waals surface area contributed by atoms with E-state index in [0.29, 0.717) is 13.0 Å². The molecule has 2 fully saturated rings. The van der Waals surface area contributed by atoms with Gasteiger partial charge in [0, 0.05) is 37.7 Å². The smallest absolute Gasteiger partial charge is 0.269 e. The number of amides is 2. The lowest BCUT2D eigenvalue weighted by Crippen LogP contribution is -2.39. The van der Waals surface area contributed by atoms with Crippen molar-refractivity contribution in [2.45, 2.75) is 57.0 Å². The number of nitrogens with two attached hydrogens (primary N) is 1. The fourth-order valence-corrected chi connectivity index (χ4v) is 3.61. The first-order chi connectivity index (χ1) is 11.6. The largest absolute Gasteiger partial charge is 0.378 e. The molecule has 0 saturated carbocycles. The number of nitrogens with one attached hydrogen (secondary N) is 1. The molecule has 0 unspecified atom stereocenters. The minimum absolute atomic E-state index is 0.189. The zero-order valence-electron chi connectivity index (χ0n) is 14.0. The summed E-state index contributed by atoms with van der Waals surface area (Å²) < 4.78 is 5.70. The molecule has 0 radical (unpaired) electrons. The summed E-state index contributed by atoms with van der Waals surface area (Å²) in [6, 6.07) is 1.71. The first-order valence-corrected chi connectivity index (χ1v) is 8.88. The van der Waals surface area contributed by atoms with Crippen molar-refractivity contribution in [2.24, 2.45) is 5.73 Å². The fraction of sp³-hybridized carbons (Fsp3) is 0.706. The van der Waals surface area contributed by atoms with Crippen LogP contribution in [0.5, 0.6) is 0 Å². The molecule has 1 aromatic rings. The SMILES string of the molecule is NC(=O)c1cc([C@H]2CCCN(C(=O)CC[C@H]3CCCCO3)C2)[nH]n1. The van der Waals surface area contributed by atoms with E-state index < -0.39 is 5.91 Å². The highest BCUT2D eigenvalue weighted by Gasteiger charge is 2.27. The highest BCUT2D eigenvalue weighted by Crippen LogP contribution is 2.27. The van der Waals surface area contributed by atoms with Crippen molar-refractivity contribution in [2.75, 3.05) is 19.7 Å². The predicted molar refractivity (Wildman–Crippen MR) is 88.5 cm³/mol. The second-order valence-electron chi connectivity index (χ2n) is 6.78. The van der Waals surface area contributed by atoms with Gasteiger partial charge in [-0.05, 0) is 44.6 Å². The van der Waals surface area contributed by atoms with Crippen LogP contribution in [0.1, 0.15) is 67.0 Å². The summed E-state index contributed by atoms with van der Waals surface area (Å²) in [5.41, 5.74) is 6.38. The Morgan fingerprint density at radius 3 is 2.92 bits per heavy atom. The summed E-state index contributed by atoms with van der Waals surface area (Å²) in [6.07, 6.45) is 6.96. The number of aromatic nitrogens is 2. The lowest BCUT2D eigenvalue weighted by molar-refractivity contribution is -0.133. The van der Waals surface area contributed by atoms with Gasteiger partial charge in [-0.3, -0.25) is 14.7 Å². The lowest BCUT2D eigenvalue weighted by Gasteiger charge is -2.33. The van der Waals surface area contributed by atoms with Gasteiger partial charge in [-0.25, -0.2) is 0 Å². The molecular weight excluding hydrogens is 308 g/mol. The minimum atomic E-state index is -0.534. The second-order valence-corrected chi connectivity index (χ2v) is 6.78. The van der Waals surface area contributed by atoms with Gasteiger partial charge in [0.05, 0.1) is 6.10 Å². The van der Waals surface area contributed by atoms with E-state index in [-0.39, 0.29) is 23.6 Å². The van der Waals surface area contributed by atoms with Gasteiger partial charge in [0.2, 0.25) is 5.91 Å². The van der Waals surface area contributed by atoms with Gasteiger partial charge in [0.1, 0.15) is 5.69 Å². The average molecular weight is 334 g/mol. The fourth-order valence-electron chi connectivity index (χ4n) is 3.61. The average Bonchev–Trinajstić information content (AvgIpc) is 3.11. The molecule has 0 aromatic carbocycles. The van der Waals surface area contributed by atoms with E-state index in [1.54, 1.807) is 6.07 Å². The number of ether oxygens (including phenoxy) is 1. The van der Waals surface area contributed by atoms with Gasteiger partial charge < -0.3 is 15.4 Å². The maximum atomic E-state index is 12.5. The Morgan fingerprint density at radius 2 is 2.21 bits per heavy atom. The van der Waals surface area contributed by atoms with Crippen molar-refractivity contribution in [1.82, 2.24) is 15.1 Å². The zero-order valence-corrected chi connectivity index (χ0v) is 14.0. The minimum Gasteiger partial charge on any atom is -0.378 e. The number of piperidine rings is 1. The standard InChI is InChI=1S/C17H26N4O3/c18-17(23)15-10-14(19-20-15)12-4-3-8-21(11-12)16(22)7-6-13-5-1-2-9-24-13/h10,12-13H,1-9,11H2,(H2,18,23)(H,19,20)/t12-,13+/m0/s1. The highest BCUT2D eigenvalue weighted by molar-refractivity contribution is 5.90. The third kappa shape index (κ3) is 4.14. The maximum Gasteiger partial charge on any atom is 0.269 e. The van der Waals surface area contributed by atoms with Gasteiger partial charge in [-0.15, -0.1) is 0 Å². The number of rotatable bonds is 5. The van der Waals surface area contributed by atoms with Crippen LogP contribution in [0.15, 0.2) is 6.07 Å². The second kappa shape index (κ2) is 7.79. The lowest BCUT2D eigenvalue weighted by atomic mass is 9.94. The van der Waals surface area contributed by atoms with Gasteiger partial charge in [-0.1, -0.05) is 0 Å². The van der Waals surface area contributed by atoms with E-state index >= 15 is 0 Å². The molecule has 3 heterocycles. The van der Waals surface area contributed by atoms with Crippen LogP contribution in [0, 0.1) is 0 Å². The van der Waals surface area contributed by atoms with Crippen molar-refractivity contribution >= 4 is 11.8 Å². The van der Waals surface area contributed by atoms with Gasteiger partial charge in [0.15, 0.2) is 0 Å². The van der Waals surface area contributed by atoms with Crippen LogP contribution in [-0.2, 0) is 9.53 Å². The molecule has 2 amide bonds. The van der Waals surface area contributed by atoms with Gasteiger partial charge in [0.25, 0.3) is 5.91 Å². The Hall–Kier alpha value is -1.89. The normalized spacial score (nSPS) is 24.8. The molecule has 0 aliphatic carbocycles. The molecule has 7 heteroatoms. The summed E-state index contributed by atoms with van der Waals surface area (Å²) >= 11 is 0. The van der Waals surface area contributed by atoms with Crippen LogP contribution in [0.25, 0.3) is 0 Å². The van der Waals surface area contributed by atoms with E-state index in [4.69, 9.17) is 10.5 Å². The quantitative estimate of drug-likeness (QED) is 0.853. The number of primary amides is 1. The first kappa shape index (κ1) is 17.0. The molecule has 2 atom stereocenters. The van der Waals surface area contributed by atoms with Crippen LogP contribution >= 0.6 is 0 Å². The highest BCUT2D eigenvalue weighted by atomic mass is 16.5. The number of carbonyl (C=O) groups excluding carboxylic acids is 2. The Bertz CT molecular complexity index is 580. The van der Waals surface area contributed by atoms with Gasteiger partial charge >= 0.3 is 0 Å². The van der Waals surface area contributed by atoms with Crippen molar-refractivity contribution in [3.8, 4) is 0 Å². The van der Waals surface area contributed by atoms with E-state index in [1.807, 2.05) is 4.90 Å². The van der Waals surface area contributed by atoms with Crippen molar-refractivity contribution in [3.05, 3.63) is 17.5 Å². The third-order valence-electron chi connectivity index (χ3n) is 5.02. The Labute approximate surface area is 141 Å². The van der Waals surface area contributed by atoms with Crippen LogP contribution in [0.4, 0.5) is 0 Å². The topological polar surface area (TPSA) is 101 Å². The first-order valence-electron chi connectivity index (χ1n) is 8.88. The van der Waals surface area contributed by atoms with Crippen molar-refractivity contribution in [1.29, 1.82) is 0 Å². The summed E-state index contributed by atoms with van der Waals surface area (Å²) in [5.74, 6) is -0.147. The zero-order chi connectivity index (χ0) is 16.9. The summed E-state index contributed by atoms with van der Waals surface area (Å²) in [5, 5.41) is 6.83. The number of carbonyl (C=O) groups is 2. The summed E-state index contributed by atoms with van der Waals surface area (Å²) in [4.78, 5) is 25.6. The van der Waals surface area contributed by atoms with Crippen LogP contribution < -0.4 is 5.73 Å². The van der Waals surface area contributed by atoms with Crippen LogP contribution in [-0.4, -0.2) is 52.7 Å². The molecule has 132 valence electrons. The number of likely N-dealkylation sites (tertiary alicyclic amines) is 1. The monoisotopic (exact) mass is 334 g/mol.